The van der Waals surface area contributed by atoms with E-state index in [0.29, 0.717) is 24.8 Å². The molecule has 1 aromatic heterocycles. The molecule has 1 aromatic carbocycles. The Morgan fingerprint density at radius 1 is 1.40 bits per heavy atom. The van der Waals surface area contributed by atoms with Crippen molar-refractivity contribution >= 4 is 18.3 Å². The lowest BCUT2D eigenvalue weighted by atomic mass is 10.1. The molecule has 0 atom stereocenters. The van der Waals surface area contributed by atoms with Crippen molar-refractivity contribution in [2.75, 3.05) is 19.6 Å². The zero-order valence-electron chi connectivity index (χ0n) is 14.2. The Morgan fingerprint density at radius 2 is 2.16 bits per heavy atom. The van der Waals surface area contributed by atoms with E-state index >= 15 is 0 Å². The maximum Gasteiger partial charge on any atom is 0.276 e. The lowest BCUT2D eigenvalue weighted by Crippen LogP contribution is -2.31. The van der Waals surface area contributed by atoms with Crippen molar-refractivity contribution in [1.29, 1.82) is 0 Å². The van der Waals surface area contributed by atoms with Gasteiger partial charge in [0.1, 0.15) is 5.82 Å². The van der Waals surface area contributed by atoms with Crippen molar-refractivity contribution in [2.45, 2.75) is 32.4 Å². The largest absolute Gasteiger partial charge is 0.333 e. The van der Waals surface area contributed by atoms with E-state index in [1.807, 2.05) is 13.0 Å². The molecule has 0 bridgehead atoms. The maximum absolute atomic E-state index is 13.3. The van der Waals surface area contributed by atoms with Gasteiger partial charge in [0, 0.05) is 13.1 Å². The number of aromatic nitrogens is 3. The van der Waals surface area contributed by atoms with Crippen molar-refractivity contribution in [3.05, 3.63) is 47.5 Å². The van der Waals surface area contributed by atoms with Crippen LogP contribution in [0.5, 0.6) is 0 Å². The molecule has 136 valence electrons. The molecule has 0 unspecified atom stereocenters. The van der Waals surface area contributed by atoms with Crippen LogP contribution in [0.3, 0.4) is 0 Å². The molecule has 1 aliphatic heterocycles. The van der Waals surface area contributed by atoms with Crippen molar-refractivity contribution in [1.82, 2.24) is 25.2 Å². The van der Waals surface area contributed by atoms with Gasteiger partial charge in [0.25, 0.3) is 5.91 Å². The molecule has 2 aromatic rings. The summed E-state index contributed by atoms with van der Waals surface area (Å²) in [5, 5.41) is 11.5. The number of piperidine rings is 1. The first-order chi connectivity index (χ1) is 11.7. The number of hydrogen-bond acceptors (Lipinski definition) is 4. The highest BCUT2D eigenvalue weighted by molar-refractivity contribution is 5.91. The van der Waals surface area contributed by atoms with Gasteiger partial charge in [-0.2, -0.15) is 0 Å². The van der Waals surface area contributed by atoms with Gasteiger partial charge in [0.05, 0.1) is 12.2 Å². The van der Waals surface area contributed by atoms with Gasteiger partial charge in [-0.25, -0.2) is 9.07 Å². The molecule has 3 rings (SSSR count). The van der Waals surface area contributed by atoms with Crippen LogP contribution in [0.25, 0.3) is 0 Å². The molecule has 0 spiro atoms. The fourth-order valence-corrected chi connectivity index (χ4v) is 2.97. The van der Waals surface area contributed by atoms with Crippen molar-refractivity contribution in [3.63, 3.8) is 0 Å². The summed E-state index contributed by atoms with van der Waals surface area (Å²) in [4.78, 5) is 14.3. The second-order valence-electron chi connectivity index (χ2n) is 6.01. The van der Waals surface area contributed by atoms with Gasteiger partial charge in [-0.1, -0.05) is 17.3 Å². The number of nitrogens with zero attached hydrogens (tertiary/aromatic N) is 4. The zero-order valence-corrected chi connectivity index (χ0v) is 15.0. The van der Waals surface area contributed by atoms with Crippen molar-refractivity contribution in [3.8, 4) is 0 Å². The van der Waals surface area contributed by atoms with Crippen LogP contribution in [-0.4, -0.2) is 45.4 Å². The summed E-state index contributed by atoms with van der Waals surface area (Å²) in [6.07, 6.45) is 3.70. The summed E-state index contributed by atoms with van der Waals surface area (Å²) in [5.41, 5.74) is 1.10. The molecule has 1 fully saturated rings. The summed E-state index contributed by atoms with van der Waals surface area (Å²) in [6.45, 7) is 4.68. The molecule has 6 nitrogen and oxygen atoms in total. The highest BCUT2D eigenvalue weighted by atomic mass is 35.5. The Hall–Kier alpha value is -1.99. The van der Waals surface area contributed by atoms with Gasteiger partial charge in [0.15, 0.2) is 5.69 Å². The Labute approximate surface area is 152 Å². The lowest BCUT2D eigenvalue weighted by Gasteiger charge is -2.22. The number of nitrogens with one attached hydrogen (secondary N) is 1. The monoisotopic (exact) mass is 367 g/mol. The number of benzene rings is 1. The van der Waals surface area contributed by atoms with E-state index < -0.39 is 0 Å². The molecule has 1 aliphatic rings. The summed E-state index contributed by atoms with van der Waals surface area (Å²) < 4.78 is 15.1. The zero-order chi connectivity index (χ0) is 16.9. The molecule has 8 heteroatoms. The number of carbonyl (C=O) groups is 1. The fraction of sp³-hybridized carbons (Fsp3) is 0.471. The third-order valence-corrected chi connectivity index (χ3v) is 4.34. The molecule has 0 saturated carbocycles. The van der Waals surface area contributed by atoms with Gasteiger partial charge in [-0.05, 0) is 50.6 Å². The SMILES string of the molecule is CCN(Cc1cccc(F)c1)C(=O)c1cn(C2CCNCC2)nn1.Cl. The van der Waals surface area contributed by atoms with Crippen LogP contribution in [0.1, 0.15) is 41.9 Å². The van der Waals surface area contributed by atoms with E-state index in [1.165, 1.54) is 12.1 Å². The summed E-state index contributed by atoms with van der Waals surface area (Å²) >= 11 is 0. The molecule has 0 radical (unpaired) electrons. The topological polar surface area (TPSA) is 63.1 Å². The normalized spacial score (nSPS) is 14.8. The number of hydrogen-bond donors (Lipinski definition) is 1. The first kappa shape index (κ1) is 19.3. The molecular formula is C17H23ClFN5O. The van der Waals surface area contributed by atoms with Crippen molar-refractivity contribution < 1.29 is 9.18 Å². The number of halogens is 2. The Morgan fingerprint density at radius 3 is 2.84 bits per heavy atom. The molecule has 2 heterocycles. The van der Waals surface area contributed by atoms with Gasteiger partial charge >= 0.3 is 0 Å². The molecule has 1 saturated heterocycles. The molecule has 25 heavy (non-hydrogen) atoms. The molecule has 0 aliphatic carbocycles. The van der Waals surface area contributed by atoms with Crippen LogP contribution in [0, 0.1) is 5.82 Å². The van der Waals surface area contributed by atoms with E-state index in [1.54, 1.807) is 21.8 Å². The number of rotatable bonds is 5. The van der Waals surface area contributed by atoms with Gasteiger partial charge in [-0.3, -0.25) is 4.79 Å². The third kappa shape index (κ3) is 4.76. The highest BCUT2D eigenvalue weighted by Crippen LogP contribution is 2.18. The van der Waals surface area contributed by atoms with Crippen molar-refractivity contribution in [2.24, 2.45) is 0 Å². The van der Waals surface area contributed by atoms with Gasteiger partial charge in [0.2, 0.25) is 0 Å². The van der Waals surface area contributed by atoms with Crippen LogP contribution in [-0.2, 0) is 6.54 Å². The van der Waals surface area contributed by atoms with Crippen LogP contribution >= 0.6 is 12.4 Å². The summed E-state index contributed by atoms with van der Waals surface area (Å²) in [6, 6.07) is 6.59. The second kappa shape index (κ2) is 8.92. The highest BCUT2D eigenvalue weighted by Gasteiger charge is 2.21. The number of carbonyl (C=O) groups excluding carboxylic acids is 1. The minimum Gasteiger partial charge on any atom is -0.333 e. The molecule has 1 N–H and O–H groups in total. The Bertz CT molecular complexity index is 702. The Kier molecular flexibility index (Phi) is 6.90. The first-order valence-electron chi connectivity index (χ1n) is 8.33. The average molecular weight is 368 g/mol. The van der Waals surface area contributed by atoms with E-state index in [9.17, 15) is 9.18 Å². The van der Waals surface area contributed by atoms with Crippen LogP contribution < -0.4 is 5.32 Å². The quantitative estimate of drug-likeness (QED) is 0.881. The predicted molar refractivity (Wildman–Crippen MR) is 95.2 cm³/mol. The van der Waals surface area contributed by atoms with Crippen LogP contribution in [0.4, 0.5) is 4.39 Å². The maximum atomic E-state index is 13.3. The molecule has 1 amide bonds. The minimum atomic E-state index is -0.298. The van der Waals surface area contributed by atoms with Crippen LogP contribution in [0.15, 0.2) is 30.5 Å². The minimum absolute atomic E-state index is 0. The standard InChI is InChI=1S/C17H22FN5O.ClH/c1-2-22(11-13-4-3-5-14(18)10-13)17(24)16-12-23(21-20-16)15-6-8-19-9-7-15;/h3-5,10,12,15,19H,2,6-9,11H2,1H3;1H. The fourth-order valence-electron chi connectivity index (χ4n) is 2.97. The van der Waals surface area contributed by atoms with Crippen LogP contribution in [0.2, 0.25) is 0 Å². The van der Waals surface area contributed by atoms with E-state index in [-0.39, 0.29) is 24.1 Å². The first-order valence-corrected chi connectivity index (χ1v) is 8.33. The smallest absolute Gasteiger partial charge is 0.276 e. The third-order valence-electron chi connectivity index (χ3n) is 4.34. The van der Waals surface area contributed by atoms with Gasteiger partial charge in [-0.15, -0.1) is 17.5 Å². The molecular weight excluding hydrogens is 345 g/mol. The summed E-state index contributed by atoms with van der Waals surface area (Å²) in [7, 11) is 0. The Balaban J connectivity index is 0.00000225. The average Bonchev–Trinajstić information content (AvgIpc) is 3.10. The van der Waals surface area contributed by atoms with E-state index in [0.717, 1.165) is 31.5 Å². The summed E-state index contributed by atoms with van der Waals surface area (Å²) in [5.74, 6) is -0.477. The second-order valence-corrected chi connectivity index (χ2v) is 6.01. The number of amides is 1. The van der Waals surface area contributed by atoms with E-state index in [2.05, 4.69) is 15.6 Å². The lowest BCUT2D eigenvalue weighted by molar-refractivity contribution is 0.0746. The van der Waals surface area contributed by atoms with E-state index in [4.69, 9.17) is 0 Å². The van der Waals surface area contributed by atoms with Gasteiger partial charge < -0.3 is 10.2 Å². The predicted octanol–water partition coefficient (Wildman–Crippen LogP) is 2.43.